The largest absolute Gasteiger partial charge is 0.497 e. The lowest BCUT2D eigenvalue weighted by atomic mass is 10.2. The molecule has 0 aliphatic heterocycles. The van der Waals surface area contributed by atoms with Crippen molar-refractivity contribution >= 4 is 12.6 Å². The van der Waals surface area contributed by atoms with Gasteiger partial charge in [0.25, 0.3) is 0 Å². The molecule has 0 saturated carbocycles. The third-order valence-electron chi connectivity index (χ3n) is 3.86. The van der Waals surface area contributed by atoms with E-state index in [1.54, 1.807) is 16.6 Å². The van der Waals surface area contributed by atoms with E-state index >= 15 is 0 Å². The highest BCUT2D eigenvalue weighted by molar-refractivity contribution is 7.80. The van der Waals surface area contributed by atoms with Crippen molar-refractivity contribution in [2.45, 2.75) is 11.6 Å². The van der Waals surface area contributed by atoms with Crippen LogP contribution < -0.4 is 4.74 Å². The Bertz CT molecular complexity index is 1010. The summed E-state index contributed by atoms with van der Waals surface area (Å²) in [7, 11) is 1.63. The summed E-state index contributed by atoms with van der Waals surface area (Å²) in [6, 6.07) is 19.4. The number of thiol groups is 1. The summed E-state index contributed by atoms with van der Waals surface area (Å²) in [5.74, 6) is 1.25. The van der Waals surface area contributed by atoms with Gasteiger partial charge >= 0.3 is 0 Å². The Morgan fingerprint density at radius 1 is 1.00 bits per heavy atom. The van der Waals surface area contributed by atoms with Gasteiger partial charge in [-0.2, -0.15) is 9.90 Å². The first-order valence-electron chi connectivity index (χ1n) is 7.98. The van der Waals surface area contributed by atoms with Gasteiger partial charge in [-0.25, -0.2) is 4.68 Å². The van der Waals surface area contributed by atoms with Crippen molar-refractivity contribution in [2.24, 2.45) is 0 Å². The van der Waals surface area contributed by atoms with Crippen molar-refractivity contribution in [1.29, 1.82) is 0 Å². The minimum Gasteiger partial charge on any atom is -0.497 e. The molecule has 130 valence electrons. The number of tetrazole rings is 1. The van der Waals surface area contributed by atoms with Crippen LogP contribution in [-0.4, -0.2) is 37.1 Å². The molecule has 2 aromatic heterocycles. The first kappa shape index (κ1) is 16.3. The van der Waals surface area contributed by atoms with Crippen molar-refractivity contribution in [2.75, 3.05) is 7.11 Å². The van der Waals surface area contributed by atoms with Gasteiger partial charge in [-0.15, -0.1) is 22.8 Å². The molecule has 0 atom stereocenters. The molecule has 4 rings (SSSR count). The zero-order valence-electron chi connectivity index (χ0n) is 14.0. The van der Waals surface area contributed by atoms with E-state index < -0.39 is 0 Å². The van der Waals surface area contributed by atoms with Gasteiger partial charge in [-0.3, -0.25) is 0 Å². The molecule has 0 radical (unpaired) electrons. The van der Waals surface area contributed by atoms with Crippen LogP contribution in [0.1, 0.15) is 5.56 Å². The first-order valence-corrected chi connectivity index (χ1v) is 8.43. The van der Waals surface area contributed by atoms with E-state index in [4.69, 9.17) is 4.74 Å². The Kier molecular flexibility index (Phi) is 4.40. The van der Waals surface area contributed by atoms with Gasteiger partial charge in [-0.05, 0) is 35.0 Å². The lowest BCUT2D eigenvalue weighted by Gasteiger charge is -2.04. The average Bonchev–Trinajstić information content (AvgIpc) is 3.29. The number of benzene rings is 2. The standard InChI is InChI=1S/C18H16N6OS/c1-25-15-9-7-14(8-10-15)24-17(26)11-16(20-24)18-19-22-23(21-18)12-13-5-3-2-4-6-13/h2-11,26H,12H2,1H3. The quantitative estimate of drug-likeness (QED) is 0.552. The molecule has 4 aromatic rings. The van der Waals surface area contributed by atoms with Crippen LogP contribution in [0.25, 0.3) is 17.2 Å². The summed E-state index contributed by atoms with van der Waals surface area (Å²) in [6.07, 6.45) is 0. The van der Waals surface area contributed by atoms with Gasteiger partial charge in [0.05, 0.1) is 24.4 Å². The molecule has 8 heteroatoms. The SMILES string of the molecule is COc1ccc(-n2nc(-c3nnn(Cc4ccccc4)n3)cc2S)cc1. The summed E-state index contributed by atoms with van der Waals surface area (Å²) >= 11 is 4.50. The summed E-state index contributed by atoms with van der Waals surface area (Å²) in [4.78, 5) is 1.55. The van der Waals surface area contributed by atoms with Crippen molar-refractivity contribution in [3.05, 3.63) is 66.2 Å². The maximum absolute atomic E-state index is 5.18. The Labute approximate surface area is 155 Å². The van der Waals surface area contributed by atoms with Gasteiger partial charge in [0.15, 0.2) is 0 Å². The van der Waals surface area contributed by atoms with Gasteiger partial charge in [0.2, 0.25) is 5.82 Å². The predicted octanol–water partition coefficient (Wildman–Crippen LogP) is 2.87. The summed E-state index contributed by atoms with van der Waals surface area (Å²) < 4.78 is 6.90. The number of aromatic nitrogens is 6. The smallest absolute Gasteiger partial charge is 0.225 e. The van der Waals surface area contributed by atoms with Crippen LogP contribution in [0.4, 0.5) is 0 Å². The molecule has 0 N–H and O–H groups in total. The minimum atomic E-state index is 0.462. The monoisotopic (exact) mass is 364 g/mol. The van der Waals surface area contributed by atoms with Crippen LogP contribution >= 0.6 is 12.6 Å². The zero-order chi connectivity index (χ0) is 17.9. The molecule has 0 aliphatic rings. The van der Waals surface area contributed by atoms with E-state index in [-0.39, 0.29) is 0 Å². The molecule has 26 heavy (non-hydrogen) atoms. The maximum Gasteiger partial charge on any atom is 0.225 e. The molecule has 0 amide bonds. The molecule has 2 heterocycles. The normalized spacial score (nSPS) is 10.8. The first-order chi connectivity index (χ1) is 12.7. The predicted molar refractivity (Wildman–Crippen MR) is 99.7 cm³/mol. The van der Waals surface area contributed by atoms with Gasteiger partial charge < -0.3 is 4.74 Å². The lowest BCUT2D eigenvalue weighted by Crippen LogP contribution is -2.03. The number of hydrogen-bond donors (Lipinski definition) is 1. The molecule has 2 aromatic carbocycles. The van der Waals surface area contributed by atoms with Crippen LogP contribution in [-0.2, 0) is 6.54 Å². The molecule has 0 fully saturated rings. The molecule has 0 aliphatic carbocycles. The molecular weight excluding hydrogens is 348 g/mol. The molecule has 7 nitrogen and oxygen atoms in total. The van der Waals surface area contributed by atoms with Crippen molar-refractivity contribution < 1.29 is 4.74 Å². The zero-order valence-corrected chi connectivity index (χ0v) is 14.9. The fourth-order valence-electron chi connectivity index (χ4n) is 2.55. The Balaban J connectivity index is 1.59. The van der Waals surface area contributed by atoms with E-state index in [9.17, 15) is 0 Å². The second-order valence-electron chi connectivity index (χ2n) is 5.63. The summed E-state index contributed by atoms with van der Waals surface area (Å²) in [6.45, 7) is 0.556. The average molecular weight is 364 g/mol. The number of nitrogens with zero attached hydrogens (tertiary/aromatic N) is 6. The second-order valence-corrected chi connectivity index (χ2v) is 6.08. The van der Waals surface area contributed by atoms with E-state index in [2.05, 4.69) is 33.1 Å². The number of rotatable bonds is 5. The van der Waals surface area contributed by atoms with E-state index in [0.29, 0.717) is 23.1 Å². The van der Waals surface area contributed by atoms with Gasteiger partial charge in [-0.1, -0.05) is 30.3 Å². The lowest BCUT2D eigenvalue weighted by molar-refractivity contribution is 0.414. The molecule has 0 spiro atoms. The third kappa shape index (κ3) is 3.31. The Morgan fingerprint density at radius 2 is 1.77 bits per heavy atom. The summed E-state index contributed by atoms with van der Waals surface area (Å²) in [5.41, 5.74) is 2.60. The number of hydrogen-bond acceptors (Lipinski definition) is 6. The van der Waals surface area contributed by atoms with E-state index in [0.717, 1.165) is 17.0 Å². The number of ether oxygens (including phenoxy) is 1. The topological polar surface area (TPSA) is 70.7 Å². The van der Waals surface area contributed by atoms with E-state index in [1.807, 2.05) is 60.7 Å². The third-order valence-corrected chi connectivity index (χ3v) is 4.17. The highest BCUT2D eigenvalue weighted by atomic mass is 32.1. The second kappa shape index (κ2) is 7.01. The van der Waals surface area contributed by atoms with Gasteiger partial charge in [0.1, 0.15) is 11.4 Å². The molecule has 0 bridgehead atoms. The van der Waals surface area contributed by atoms with Crippen molar-refractivity contribution in [1.82, 2.24) is 30.0 Å². The van der Waals surface area contributed by atoms with Crippen LogP contribution in [0, 0.1) is 0 Å². The van der Waals surface area contributed by atoms with Crippen molar-refractivity contribution in [3.8, 4) is 23.0 Å². The number of methoxy groups -OCH3 is 1. The van der Waals surface area contributed by atoms with Crippen LogP contribution in [0.15, 0.2) is 65.7 Å². The fourth-order valence-corrected chi connectivity index (χ4v) is 2.84. The fraction of sp³-hybridized carbons (Fsp3) is 0.111. The Hall–Kier alpha value is -3.13. The van der Waals surface area contributed by atoms with Crippen LogP contribution in [0.3, 0.4) is 0 Å². The molecule has 0 unspecified atom stereocenters. The van der Waals surface area contributed by atoms with Crippen LogP contribution in [0.2, 0.25) is 0 Å². The maximum atomic E-state index is 5.18. The summed E-state index contributed by atoms with van der Waals surface area (Å²) in [5, 5.41) is 17.9. The van der Waals surface area contributed by atoms with Gasteiger partial charge in [0, 0.05) is 6.07 Å². The van der Waals surface area contributed by atoms with E-state index in [1.165, 1.54) is 0 Å². The highest BCUT2D eigenvalue weighted by Crippen LogP contribution is 2.22. The van der Waals surface area contributed by atoms with Crippen LogP contribution in [0.5, 0.6) is 5.75 Å². The minimum absolute atomic E-state index is 0.462. The Morgan fingerprint density at radius 3 is 2.50 bits per heavy atom. The molecule has 0 saturated heterocycles. The highest BCUT2D eigenvalue weighted by Gasteiger charge is 2.13. The molecular formula is C18H16N6OS. The van der Waals surface area contributed by atoms with Crippen molar-refractivity contribution in [3.63, 3.8) is 0 Å².